The molecular weight excluding hydrogens is 392 g/mol. The largest absolute Gasteiger partial charge is 0.356 e. The summed E-state index contributed by atoms with van der Waals surface area (Å²) in [4.78, 5) is 17.8. The number of rotatable bonds is 5. The van der Waals surface area contributed by atoms with Crippen LogP contribution in [0.3, 0.4) is 0 Å². The van der Waals surface area contributed by atoms with Crippen LogP contribution >= 0.6 is 0 Å². The highest BCUT2D eigenvalue weighted by molar-refractivity contribution is 7.91. The monoisotopic (exact) mass is 414 g/mol. The highest BCUT2D eigenvalue weighted by Gasteiger charge is 2.29. The van der Waals surface area contributed by atoms with Gasteiger partial charge >= 0.3 is 0 Å². The fourth-order valence-electron chi connectivity index (χ4n) is 3.44. The number of nitrogens with zero attached hydrogens (tertiary/aromatic N) is 5. The molecule has 4 heterocycles. The molecule has 3 aromatic heterocycles. The second kappa shape index (κ2) is 7.51. The van der Waals surface area contributed by atoms with E-state index in [0.717, 1.165) is 23.4 Å². The van der Waals surface area contributed by atoms with Crippen LogP contribution < -0.4 is 5.32 Å². The first-order valence-corrected chi connectivity index (χ1v) is 11.3. The van der Waals surface area contributed by atoms with Crippen LogP contribution in [0.4, 0.5) is 5.95 Å². The highest BCUT2D eigenvalue weighted by atomic mass is 32.2. The Hall–Kier alpha value is -2.88. The first-order valence-electron chi connectivity index (χ1n) is 9.45. The summed E-state index contributed by atoms with van der Waals surface area (Å²) < 4.78 is 29.1. The Balaban J connectivity index is 1.78. The average molecular weight is 414 g/mol. The van der Waals surface area contributed by atoms with Crippen molar-refractivity contribution in [2.45, 2.75) is 39.7 Å². The van der Waals surface area contributed by atoms with E-state index < -0.39 is 9.84 Å². The molecule has 9 nitrogen and oxygen atoms in total. The van der Waals surface area contributed by atoms with Gasteiger partial charge < -0.3 is 9.84 Å². The molecule has 3 aromatic rings. The molecule has 152 valence electrons. The normalized spacial score (nSPS) is 18.1. The summed E-state index contributed by atoms with van der Waals surface area (Å²) in [6, 6.07) is -0.207. The van der Waals surface area contributed by atoms with Gasteiger partial charge in [-0.25, -0.2) is 18.4 Å². The van der Waals surface area contributed by atoms with Crippen molar-refractivity contribution in [2.75, 3.05) is 16.8 Å². The van der Waals surface area contributed by atoms with Gasteiger partial charge in [0, 0.05) is 24.0 Å². The zero-order valence-electron chi connectivity index (χ0n) is 16.5. The molecule has 0 spiro atoms. The summed E-state index contributed by atoms with van der Waals surface area (Å²) in [5, 5.41) is 7.22. The molecule has 1 aliphatic rings. The minimum atomic E-state index is -3.00. The van der Waals surface area contributed by atoms with E-state index in [1.165, 1.54) is 0 Å². The SMILES string of the molecule is CCc1c(C)noc1-c1cnc(N[C@H]2CCS(=O)(=O)C2)nc1-c1cnc(C)cn1. The lowest BCUT2D eigenvalue weighted by molar-refractivity contribution is 0.426. The Bertz CT molecular complexity index is 1140. The van der Waals surface area contributed by atoms with Gasteiger partial charge in [-0.3, -0.25) is 9.97 Å². The zero-order chi connectivity index (χ0) is 20.6. The van der Waals surface area contributed by atoms with Gasteiger partial charge in [0.15, 0.2) is 15.6 Å². The average Bonchev–Trinajstić information content (AvgIpc) is 3.23. The number of sulfone groups is 1. The molecule has 0 unspecified atom stereocenters. The number of aromatic nitrogens is 5. The van der Waals surface area contributed by atoms with E-state index in [9.17, 15) is 8.42 Å². The molecule has 0 radical (unpaired) electrons. The van der Waals surface area contributed by atoms with Crippen LogP contribution in [0.25, 0.3) is 22.7 Å². The van der Waals surface area contributed by atoms with Gasteiger partial charge in [-0.05, 0) is 26.7 Å². The molecule has 0 amide bonds. The van der Waals surface area contributed by atoms with E-state index in [1.54, 1.807) is 18.6 Å². The Morgan fingerprint density at radius 2 is 2.00 bits per heavy atom. The van der Waals surface area contributed by atoms with Crippen LogP contribution in [0.2, 0.25) is 0 Å². The van der Waals surface area contributed by atoms with Crippen LogP contribution in [0.5, 0.6) is 0 Å². The predicted molar refractivity (Wildman–Crippen MR) is 108 cm³/mol. The topological polar surface area (TPSA) is 124 Å². The van der Waals surface area contributed by atoms with Crippen molar-refractivity contribution < 1.29 is 12.9 Å². The summed E-state index contributed by atoms with van der Waals surface area (Å²) in [5.74, 6) is 1.22. The highest BCUT2D eigenvalue weighted by Crippen LogP contribution is 2.33. The maximum atomic E-state index is 11.7. The lowest BCUT2D eigenvalue weighted by Crippen LogP contribution is -2.22. The smallest absolute Gasteiger partial charge is 0.223 e. The summed E-state index contributed by atoms with van der Waals surface area (Å²) >= 11 is 0. The van der Waals surface area contributed by atoms with Gasteiger partial charge in [-0.2, -0.15) is 0 Å². The van der Waals surface area contributed by atoms with Crippen LogP contribution in [0, 0.1) is 13.8 Å². The van der Waals surface area contributed by atoms with Gasteiger partial charge in [0.2, 0.25) is 5.95 Å². The van der Waals surface area contributed by atoms with E-state index in [1.807, 2.05) is 20.8 Å². The summed E-state index contributed by atoms with van der Waals surface area (Å²) in [6.45, 7) is 5.79. The second-order valence-corrected chi connectivity index (χ2v) is 9.40. The number of hydrogen-bond donors (Lipinski definition) is 1. The van der Waals surface area contributed by atoms with Crippen molar-refractivity contribution in [3.63, 3.8) is 0 Å². The third kappa shape index (κ3) is 3.98. The van der Waals surface area contributed by atoms with Crippen LogP contribution in [-0.4, -0.2) is 51.1 Å². The maximum absolute atomic E-state index is 11.7. The summed E-state index contributed by atoms with van der Waals surface area (Å²) in [6.07, 6.45) is 6.27. The number of nitrogens with one attached hydrogen (secondary N) is 1. The van der Waals surface area contributed by atoms with E-state index in [2.05, 4.69) is 30.4 Å². The molecule has 0 aliphatic carbocycles. The lowest BCUT2D eigenvalue weighted by atomic mass is 10.0. The van der Waals surface area contributed by atoms with Gasteiger partial charge in [0.05, 0.1) is 34.7 Å². The van der Waals surface area contributed by atoms with E-state index in [0.29, 0.717) is 35.1 Å². The minimum absolute atomic E-state index is 0.0824. The zero-order valence-corrected chi connectivity index (χ0v) is 17.3. The van der Waals surface area contributed by atoms with Crippen LogP contribution in [0.1, 0.15) is 30.3 Å². The molecule has 0 saturated carbocycles. The van der Waals surface area contributed by atoms with Gasteiger partial charge in [0.1, 0.15) is 11.4 Å². The summed E-state index contributed by atoms with van der Waals surface area (Å²) in [7, 11) is -3.00. The lowest BCUT2D eigenvalue weighted by Gasteiger charge is -2.13. The number of anilines is 1. The molecule has 29 heavy (non-hydrogen) atoms. The fourth-order valence-corrected chi connectivity index (χ4v) is 5.11. The molecule has 0 aromatic carbocycles. The Morgan fingerprint density at radius 1 is 1.17 bits per heavy atom. The second-order valence-electron chi connectivity index (χ2n) is 7.17. The molecule has 1 saturated heterocycles. The molecule has 1 fully saturated rings. The Kier molecular flexibility index (Phi) is 5.03. The number of hydrogen-bond acceptors (Lipinski definition) is 9. The maximum Gasteiger partial charge on any atom is 0.223 e. The molecule has 1 atom stereocenters. The molecular formula is C19H22N6O3S. The van der Waals surface area contributed by atoms with E-state index in [-0.39, 0.29) is 17.5 Å². The first kappa shape index (κ1) is 19.4. The van der Waals surface area contributed by atoms with Crippen molar-refractivity contribution in [1.29, 1.82) is 0 Å². The van der Waals surface area contributed by atoms with Gasteiger partial charge in [-0.15, -0.1) is 0 Å². The van der Waals surface area contributed by atoms with Crippen molar-refractivity contribution in [1.82, 2.24) is 25.1 Å². The third-order valence-corrected chi connectivity index (χ3v) is 6.73. The standard InChI is InChI=1S/C19H22N6O3S/c1-4-14-12(3)25-28-18(14)15-8-22-19(23-13-5-6-29(26,27)10-13)24-17(15)16-9-20-11(2)7-21-16/h7-9,13H,4-6,10H2,1-3H3,(H,22,23,24)/t13-/m0/s1. The van der Waals surface area contributed by atoms with Crippen molar-refractivity contribution >= 4 is 15.8 Å². The first-order chi connectivity index (χ1) is 13.9. The van der Waals surface area contributed by atoms with Crippen LogP contribution in [-0.2, 0) is 16.3 Å². The van der Waals surface area contributed by atoms with Crippen molar-refractivity contribution in [3.05, 3.63) is 35.5 Å². The number of aryl methyl sites for hydroxylation is 2. The van der Waals surface area contributed by atoms with Gasteiger partial charge in [-0.1, -0.05) is 12.1 Å². The van der Waals surface area contributed by atoms with Gasteiger partial charge in [0.25, 0.3) is 0 Å². The molecule has 1 N–H and O–H groups in total. The Morgan fingerprint density at radius 3 is 2.66 bits per heavy atom. The molecule has 0 bridgehead atoms. The molecule has 1 aliphatic heterocycles. The Labute approximate surface area is 168 Å². The quantitative estimate of drug-likeness (QED) is 0.670. The fraction of sp³-hybridized carbons (Fsp3) is 0.421. The minimum Gasteiger partial charge on any atom is -0.356 e. The van der Waals surface area contributed by atoms with Crippen molar-refractivity contribution in [2.24, 2.45) is 0 Å². The predicted octanol–water partition coefficient (Wildman–Crippen LogP) is 2.37. The van der Waals surface area contributed by atoms with E-state index in [4.69, 9.17) is 4.52 Å². The molecule has 4 rings (SSSR count). The third-order valence-electron chi connectivity index (χ3n) is 4.96. The van der Waals surface area contributed by atoms with Crippen molar-refractivity contribution in [3.8, 4) is 22.7 Å². The molecule has 10 heteroatoms. The van der Waals surface area contributed by atoms with Crippen LogP contribution in [0.15, 0.2) is 23.1 Å². The van der Waals surface area contributed by atoms with E-state index >= 15 is 0 Å². The summed E-state index contributed by atoms with van der Waals surface area (Å²) in [5.41, 5.74) is 4.40.